The van der Waals surface area contributed by atoms with Crippen molar-refractivity contribution < 1.29 is 20.2 Å². The van der Waals surface area contributed by atoms with Crippen LogP contribution in [0.4, 0.5) is 0 Å². The van der Waals surface area contributed by atoms with Crippen molar-refractivity contribution in [1.29, 1.82) is 0 Å². The minimum absolute atomic E-state index is 0.0307. The Morgan fingerprint density at radius 3 is 2.61 bits per heavy atom. The summed E-state index contributed by atoms with van der Waals surface area (Å²) in [4.78, 5) is 13.3. The average Bonchev–Trinajstić information content (AvgIpc) is 2.37. The molecule has 0 atom stereocenters. The SMILES string of the molecule is CN(CC/C(N)=N/O)C(=O)c1ccc(O)c(O)c1. The van der Waals surface area contributed by atoms with Gasteiger partial charge < -0.3 is 26.1 Å². The largest absolute Gasteiger partial charge is 0.504 e. The van der Waals surface area contributed by atoms with Crippen molar-refractivity contribution in [3.63, 3.8) is 0 Å². The summed E-state index contributed by atoms with van der Waals surface area (Å²) in [6.07, 6.45) is 0.239. The van der Waals surface area contributed by atoms with Crippen LogP contribution in [0.1, 0.15) is 16.8 Å². The number of nitrogens with two attached hydrogens (primary N) is 1. The minimum Gasteiger partial charge on any atom is -0.504 e. The van der Waals surface area contributed by atoms with Gasteiger partial charge in [0, 0.05) is 25.6 Å². The number of aromatic hydroxyl groups is 2. The molecule has 0 spiro atoms. The van der Waals surface area contributed by atoms with E-state index in [9.17, 15) is 9.90 Å². The second-order valence-electron chi connectivity index (χ2n) is 3.77. The Hall–Kier alpha value is -2.44. The summed E-state index contributed by atoms with van der Waals surface area (Å²) in [5, 5.41) is 29.6. The molecule has 7 heteroatoms. The van der Waals surface area contributed by atoms with Crippen LogP contribution < -0.4 is 5.73 Å². The normalized spacial score (nSPS) is 11.3. The van der Waals surface area contributed by atoms with Crippen molar-refractivity contribution in [3.8, 4) is 11.5 Å². The van der Waals surface area contributed by atoms with Gasteiger partial charge in [0.2, 0.25) is 0 Å². The predicted molar refractivity (Wildman–Crippen MR) is 64.8 cm³/mol. The number of nitrogens with zero attached hydrogens (tertiary/aromatic N) is 2. The smallest absolute Gasteiger partial charge is 0.253 e. The first-order valence-corrected chi connectivity index (χ1v) is 5.19. The number of phenolic OH excluding ortho intramolecular Hbond substituents is 2. The van der Waals surface area contributed by atoms with E-state index >= 15 is 0 Å². The highest BCUT2D eigenvalue weighted by molar-refractivity contribution is 5.95. The van der Waals surface area contributed by atoms with E-state index in [0.29, 0.717) is 0 Å². The summed E-state index contributed by atoms with van der Waals surface area (Å²) in [5.74, 6) is -0.948. The third-order valence-corrected chi connectivity index (χ3v) is 2.40. The lowest BCUT2D eigenvalue weighted by Gasteiger charge is -2.16. The van der Waals surface area contributed by atoms with E-state index in [1.807, 2.05) is 0 Å². The third-order valence-electron chi connectivity index (χ3n) is 2.40. The second-order valence-corrected chi connectivity index (χ2v) is 3.77. The van der Waals surface area contributed by atoms with E-state index in [0.717, 1.165) is 0 Å². The molecule has 0 saturated carbocycles. The number of hydrogen-bond acceptors (Lipinski definition) is 5. The number of hydrogen-bond donors (Lipinski definition) is 4. The summed E-state index contributed by atoms with van der Waals surface area (Å²) < 4.78 is 0. The topological polar surface area (TPSA) is 119 Å². The lowest BCUT2D eigenvalue weighted by atomic mass is 10.1. The summed E-state index contributed by atoms with van der Waals surface area (Å²) in [7, 11) is 1.55. The summed E-state index contributed by atoms with van der Waals surface area (Å²) in [5.41, 5.74) is 5.54. The number of amidine groups is 1. The minimum atomic E-state index is -0.356. The van der Waals surface area contributed by atoms with Crippen molar-refractivity contribution in [2.24, 2.45) is 10.9 Å². The van der Waals surface area contributed by atoms with E-state index in [1.54, 1.807) is 7.05 Å². The molecule has 1 aromatic rings. The molecule has 0 bridgehead atoms. The first kappa shape index (κ1) is 13.6. The molecular formula is C11H15N3O4. The summed E-state index contributed by atoms with van der Waals surface area (Å²) >= 11 is 0. The first-order chi connectivity index (χ1) is 8.45. The Morgan fingerprint density at radius 2 is 2.06 bits per heavy atom. The standard InChI is InChI=1S/C11H15N3O4/c1-14(5-4-10(12)13-18)11(17)7-2-3-8(15)9(16)6-7/h2-3,6,15-16,18H,4-5H2,1H3,(H2,12,13). The molecule has 0 radical (unpaired) electrons. The molecule has 0 aromatic heterocycles. The molecular weight excluding hydrogens is 238 g/mol. The van der Waals surface area contributed by atoms with Crippen LogP contribution >= 0.6 is 0 Å². The van der Waals surface area contributed by atoms with Crippen LogP contribution in [-0.2, 0) is 0 Å². The van der Waals surface area contributed by atoms with Gasteiger partial charge in [-0.2, -0.15) is 0 Å². The quantitative estimate of drug-likeness (QED) is 0.202. The first-order valence-electron chi connectivity index (χ1n) is 5.19. The predicted octanol–water partition coefficient (Wildman–Crippen LogP) is 0.306. The maximum Gasteiger partial charge on any atom is 0.253 e. The number of oxime groups is 1. The number of carbonyl (C=O) groups excluding carboxylic acids is 1. The van der Waals surface area contributed by atoms with Crippen LogP contribution in [0.2, 0.25) is 0 Å². The molecule has 0 aliphatic heterocycles. The number of rotatable bonds is 4. The fourth-order valence-corrected chi connectivity index (χ4v) is 1.31. The van der Waals surface area contributed by atoms with E-state index < -0.39 is 0 Å². The number of amides is 1. The fraction of sp³-hybridized carbons (Fsp3) is 0.273. The summed E-state index contributed by atoms with van der Waals surface area (Å²) in [6.45, 7) is 0.274. The van der Waals surface area contributed by atoms with E-state index in [1.165, 1.54) is 23.1 Å². The third kappa shape index (κ3) is 3.27. The Balaban J connectivity index is 2.71. The van der Waals surface area contributed by atoms with Crippen molar-refractivity contribution in [2.45, 2.75) is 6.42 Å². The van der Waals surface area contributed by atoms with Crippen molar-refractivity contribution >= 4 is 11.7 Å². The van der Waals surface area contributed by atoms with Crippen LogP contribution in [0.5, 0.6) is 11.5 Å². The Morgan fingerprint density at radius 1 is 1.39 bits per heavy atom. The zero-order valence-corrected chi connectivity index (χ0v) is 9.87. The number of phenols is 2. The highest BCUT2D eigenvalue weighted by Crippen LogP contribution is 2.25. The Bertz CT molecular complexity index is 473. The molecule has 7 nitrogen and oxygen atoms in total. The molecule has 18 heavy (non-hydrogen) atoms. The molecule has 1 amide bonds. The van der Waals surface area contributed by atoms with Gasteiger partial charge in [0.05, 0.1) is 0 Å². The van der Waals surface area contributed by atoms with Gasteiger partial charge in [0.1, 0.15) is 5.84 Å². The van der Waals surface area contributed by atoms with Gasteiger partial charge in [0.15, 0.2) is 11.5 Å². The number of benzene rings is 1. The van der Waals surface area contributed by atoms with Gasteiger partial charge in [-0.1, -0.05) is 5.16 Å². The molecule has 5 N–H and O–H groups in total. The molecule has 1 aromatic carbocycles. The fourth-order valence-electron chi connectivity index (χ4n) is 1.31. The van der Waals surface area contributed by atoms with Crippen LogP contribution in [0.3, 0.4) is 0 Å². The van der Waals surface area contributed by atoms with Crippen molar-refractivity contribution in [3.05, 3.63) is 23.8 Å². The van der Waals surface area contributed by atoms with Gasteiger partial charge in [-0.3, -0.25) is 4.79 Å². The second kappa shape index (κ2) is 5.76. The van der Waals surface area contributed by atoms with Crippen molar-refractivity contribution in [2.75, 3.05) is 13.6 Å². The lowest BCUT2D eigenvalue weighted by Crippen LogP contribution is -2.30. The molecule has 0 aliphatic carbocycles. The molecule has 0 heterocycles. The molecule has 0 unspecified atom stereocenters. The van der Waals surface area contributed by atoms with E-state index in [4.69, 9.17) is 16.0 Å². The van der Waals surface area contributed by atoms with Crippen LogP contribution in [-0.4, -0.2) is 45.7 Å². The van der Waals surface area contributed by atoms with Gasteiger partial charge in [-0.05, 0) is 18.2 Å². The highest BCUT2D eigenvalue weighted by Gasteiger charge is 2.13. The maximum absolute atomic E-state index is 11.9. The lowest BCUT2D eigenvalue weighted by molar-refractivity contribution is 0.0798. The van der Waals surface area contributed by atoms with Gasteiger partial charge >= 0.3 is 0 Å². The van der Waals surface area contributed by atoms with Crippen LogP contribution in [0.15, 0.2) is 23.4 Å². The van der Waals surface area contributed by atoms with Crippen LogP contribution in [0.25, 0.3) is 0 Å². The molecule has 0 saturated heterocycles. The molecule has 98 valence electrons. The Kier molecular flexibility index (Phi) is 4.36. The zero-order valence-electron chi connectivity index (χ0n) is 9.87. The van der Waals surface area contributed by atoms with Crippen LogP contribution in [0, 0.1) is 0 Å². The highest BCUT2D eigenvalue weighted by atomic mass is 16.4. The monoisotopic (exact) mass is 253 g/mol. The maximum atomic E-state index is 11.9. The molecule has 1 rings (SSSR count). The zero-order chi connectivity index (χ0) is 13.7. The van der Waals surface area contributed by atoms with Gasteiger partial charge in [-0.25, -0.2) is 0 Å². The van der Waals surface area contributed by atoms with Gasteiger partial charge in [0.25, 0.3) is 5.91 Å². The summed E-state index contributed by atoms with van der Waals surface area (Å²) in [6, 6.07) is 3.81. The molecule has 0 fully saturated rings. The van der Waals surface area contributed by atoms with Gasteiger partial charge in [-0.15, -0.1) is 0 Å². The Labute approximate surface area is 104 Å². The molecule has 0 aliphatic rings. The van der Waals surface area contributed by atoms with Crippen molar-refractivity contribution in [1.82, 2.24) is 4.90 Å². The number of carbonyl (C=O) groups is 1. The van der Waals surface area contributed by atoms with E-state index in [2.05, 4.69) is 5.16 Å². The van der Waals surface area contributed by atoms with E-state index in [-0.39, 0.29) is 41.8 Å². The average molecular weight is 253 g/mol.